The summed E-state index contributed by atoms with van der Waals surface area (Å²) in [5, 5.41) is 25.9. The molecule has 1 amide bonds. The van der Waals surface area contributed by atoms with E-state index < -0.39 is 29.0 Å². The molecule has 0 saturated carbocycles. The third-order valence-corrected chi connectivity index (χ3v) is 17.2. The summed E-state index contributed by atoms with van der Waals surface area (Å²) in [4.78, 5) is 116. The lowest BCUT2D eigenvalue weighted by molar-refractivity contribution is -0.134. The summed E-state index contributed by atoms with van der Waals surface area (Å²) in [6, 6.07) is 25.6. The highest BCUT2D eigenvalue weighted by atomic mass is 19.1. The lowest BCUT2D eigenvalue weighted by Gasteiger charge is -2.33. The zero-order valence-electron chi connectivity index (χ0n) is 58.7. The number of ether oxygens (including phenoxy) is 1. The molecule has 3 saturated heterocycles. The van der Waals surface area contributed by atoms with E-state index in [1.807, 2.05) is 51.1 Å². The van der Waals surface area contributed by atoms with E-state index in [-0.39, 0.29) is 70.0 Å². The number of halogens is 3. The van der Waals surface area contributed by atoms with Crippen LogP contribution < -0.4 is 22.0 Å². The van der Waals surface area contributed by atoms with Gasteiger partial charge in [0.2, 0.25) is 0 Å². The number of amides is 1. The van der Waals surface area contributed by atoms with E-state index in [1.54, 1.807) is 68.1 Å². The van der Waals surface area contributed by atoms with Crippen molar-refractivity contribution >= 4 is 98.9 Å². The number of aryl methyl sites for hydroxylation is 3. The molecule has 12 aromatic rings. The number of aromatic amines is 3. The van der Waals surface area contributed by atoms with Gasteiger partial charge in [-0.15, -0.1) is 0 Å². The van der Waals surface area contributed by atoms with Crippen molar-refractivity contribution in [1.82, 2.24) is 60.0 Å². The number of hydrogen-bond acceptors (Lipinski definition) is 19. The number of H-pyrrole nitrogens is 3. The Balaban J connectivity index is 0.000000169. The zero-order chi connectivity index (χ0) is 75.3. The smallest absolute Gasteiger partial charge is 0.410 e. The van der Waals surface area contributed by atoms with Gasteiger partial charge in [-0.1, -0.05) is 25.0 Å². The van der Waals surface area contributed by atoms with Crippen LogP contribution in [-0.2, 0) is 19.1 Å². The predicted octanol–water partition coefficient (Wildman–Crippen LogP) is 12.6. The van der Waals surface area contributed by atoms with E-state index in [1.165, 1.54) is 25.0 Å². The minimum atomic E-state index is -0.833. The van der Waals surface area contributed by atoms with Gasteiger partial charge in [-0.05, 0) is 199 Å². The topological polar surface area (TPSA) is 372 Å². The summed E-state index contributed by atoms with van der Waals surface area (Å²) in [6.45, 7) is 17.6. The number of likely N-dealkylation sites (tertiary alicyclic amines) is 2. The van der Waals surface area contributed by atoms with Gasteiger partial charge in [-0.25, -0.2) is 47.9 Å². The zero-order valence-corrected chi connectivity index (χ0v) is 58.7. The van der Waals surface area contributed by atoms with Crippen LogP contribution in [0, 0.1) is 38.2 Å². The van der Waals surface area contributed by atoms with E-state index in [2.05, 4.69) is 60.0 Å². The molecule has 26 nitrogen and oxygen atoms in total. The monoisotopic (exact) mass is 1430 g/mol. The molecule has 15 rings (SSSR count). The average Bonchev–Trinajstić information content (AvgIpc) is 0.824. The fourth-order valence-corrected chi connectivity index (χ4v) is 12.4. The summed E-state index contributed by atoms with van der Waals surface area (Å²) < 4.78 is 65.2. The molecule has 3 aliphatic heterocycles. The molecule has 104 heavy (non-hydrogen) atoms. The Hall–Kier alpha value is -11.4. The van der Waals surface area contributed by atoms with Crippen LogP contribution in [0.2, 0.25) is 6.82 Å². The number of fused-ring (bicyclic) bond motifs is 6. The summed E-state index contributed by atoms with van der Waals surface area (Å²) in [5.74, 6) is 1.71. The first-order valence-electron chi connectivity index (χ1n) is 33.3. The quantitative estimate of drug-likeness (QED) is 0.0600. The highest BCUT2D eigenvalue weighted by Crippen LogP contribution is 2.35. The number of piperidine rings is 3. The summed E-state index contributed by atoms with van der Waals surface area (Å²) in [6.07, 6.45) is 4.94. The minimum Gasteiger partial charge on any atom is -0.483 e. The number of carbonyl (C=O) groups excluding carboxylic acids is 1. The molecule has 7 N–H and O–H groups in total. The van der Waals surface area contributed by atoms with Gasteiger partial charge in [-0.2, -0.15) is 0 Å². The van der Waals surface area contributed by atoms with Crippen LogP contribution in [0.5, 0.6) is 0 Å². The maximum atomic E-state index is 14.5. The molecule has 2 radical (unpaired) electrons. The molecule has 9 heterocycles. The van der Waals surface area contributed by atoms with Crippen LogP contribution in [-0.4, -0.2) is 155 Å². The van der Waals surface area contributed by atoms with E-state index in [4.69, 9.17) is 57.7 Å². The summed E-state index contributed by atoms with van der Waals surface area (Å²) in [5.41, 5.74) is 6.50. The lowest BCUT2D eigenvalue weighted by Crippen LogP contribution is -2.41. The van der Waals surface area contributed by atoms with Gasteiger partial charge < -0.3 is 63.4 Å². The van der Waals surface area contributed by atoms with Crippen molar-refractivity contribution in [3.63, 3.8) is 0 Å². The van der Waals surface area contributed by atoms with Gasteiger partial charge in [0.1, 0.15) is 39.6 Å². The van der Waals surface area contributed by atoms with Gasteiger partial charge in [0.15, 0.2) is 51.9 Å². The van der Waals surface area contributed by atoms with Crippen LogP contribution in [0.3, 0.4) is 0 Å². The number of nitrogens with one attached hydrogen (secondary N) is 4. The van der Waals surface area contributed by atoms with Crippen molar-refractivity contribution in [2.45, 2.75) is 117 Å². The van der Waals surface area contributed by atoms with E-state index in [0.717, 1.165) is 81.6 Å². The standard InChI is InChI=1S/C26H27FN4O4.C22H21FN4O2.C21H19FN4O2.C2H4O2.CH3B.2CH2O2/c1-14-28-22-19(27)12-17(13-21(22)34-14)16-5-6-20-18(11-16)24(32)30-23(29-20)15-7-9-31(10-8-15)25(33)35-26(2,3)4;1-12-24-20-17(23)10-15(11-19(20)29-12)14-3-4-18-16(9-14)22(28)26-21(25-18)13-5-7-27(2)8-6-13;1-11-24-19-16(22)9-14(10-18(19)28-11)13-2-3-17-15(8-13)21(27)26-20(25-17)12-4-6-23-7-5-12;1-2(3)4;1-2;2*2-1-3/h5-6,11-13,15H,7-10H2,1-4H3,(H,29,30,32);3-4,9-11,13H,5-8H2,1-2H3,(H,25,26,28);2-3,8-10,12,23H,4-7H2,1H3,(H,25,26,27);1H3,(H,3,4);1H3;2*1H,(H,2,3). The van der Waals surface area contributed by atoms with E-state index in [0.29, 0.717) is 121 Å². The van der Waals surface area contributed by atoms with Crippen LogP contribution >= 0.6 is 0 Å². The number of carboxylic acids is 1. The maximum Gasteiger partial charge on any atom is 0.410 e. The first-order chi connectivity index (χ1) is 49.7. The molecule has 6 aromatic carbocycles. The number of nitrogens with zero attached hydrogens (tertiary/aromatic N) is 8. The SMILES string of the molecule is CC(=O)O.Cc1nc2c(F)cc(-c3ccc4nc(C5CCN(C(=O)OC(C)(C)C)CC5)[nH]c(=O)c4c3)cc2o1.Cc1nc2c(F)cc(-c3ccc4nc(C5CCN(C)CC5)[nH]c(=O)c4c3)cc2o1.Cc1nc2c(F)cc(-c3ccc4nc(C5CCNCC5)[nH]c(=O)c4c3)cc2o1.O=CO.O=CO.[B]C. The molecular weight excluding hydrogens is 1350 g/mol. The molecule has 0 atom stereocenters. The van der Waals surface area contributed by atoms with Crippen LogP contribution in [0.4, 0.5) is 18.0 Å². The molecule has 30 heteroatoms. The van der Waals surface area contributed by atoms with Crippen molar-refractivity contribution < 1.29 is 65.7 Å². The molecule has 0 aliphatic carbocycles. The molecule has 3 aliphatic rings. The number of hydrogen-bond donors (Lipinski definition) is 7. The molecule has 0 spiro atoms. The number of benzene rings is 6. The second kappa shape index (κ2) is 34.1. The van der Waals surface area contributed by atoms with E-state index in [9.17, 15) is 32.3 Å². The molecule has 3 fully saturated rings. The number of carbonyl (C=O) groups is 4. The van der Waals surface area contributed by atoms with Crippen molar-refractivity contribution in [1.29, 1.82) is 0 Å². The Labute approximate surface area is 593 Å². The second-order valence-corrected chi connectivity index (χ2v) is 25.7. The van der Waals surface area contributed by atoms with Gasteiger partial charge in [0, 0.05) is 58.5 Å². The molecule has 0 unspecified atom stereocenters. The van der Waals surface area contributed by atoms with Crippen molar-refractivity contribution in [2.24, 2.45) is 0 Å². The molecule has 542 valence electrons. The Morgan fingerprint density at radius 2 is 0.817 bits per heavy atom. The number of rotatable bonds is 6. The number of aromatic nitrogens is 9. The third-order valence-electron chi connectivity index (χ3n) is 17.2. The van der Waals surface area contributed by atoms with Crippen LogP contribution in [0.25, 0.3) is 99.4 Å². The molecule has 0 bridgehead atoms. The lowest BCUT2D eigenvalue weighted by atomic mass is 9.96. The first-order valence-corrected chi connectivity index (χ1v) is 33.3. The Kier molecular flexibility index (Phi) is 25.1. The fraction of sp³-hybridized carbons (Fsp3) is 0.338. The van der Waals surface area contributed by atoms with Crippen LogP contribution in [0.15, 0.2) is 119 Å². The Morgan fingerprint density at radius 3 is 1.12 bits per heavy atom. The number of aliphatic carboxylic acids is 1. The second-order valence-electron chi connectivity index (χ2n) is 25.7. The maximum absolute atomic E-state index is 14.5. The van der Waals surface area contributed by atoms with Crippen LogP contribution in [0.1, 0.15) is 119 Å². The van der Waals surface area contributed by atoms with Crippen molar-refractivity contribution in [3.8, 4) is 33.4 Å². The number of carboxylic acid groups (broad SMARTS) is 3. The van der Waals surface area contributed by atoms with E-state index >= 15 is 0 Å². The average molecular weight is 1430 g/mol. The normalized spacial score (nSPS) is 14.3. The summed E-state index contributed by atoms with van der Waals surface area (Å²) >= 11 is 0. The van der Waals surface area contributed by atoms with Gasteiger partial charge in [0.05, 0.1) is 40.6 Å². The Morgan fingerprint density at radius 1 is 0.519 bits per heavy atom. The van der Waals surface area contributed by atoms with Gasteiger partial charge in [-0.3, -0.25) is 28.8 Å². The molecule has 6 aromatic heterocycles. The van der Waals surface area contributed by atoms with Gasteiger partial charge >= 0.3 is 6.09 Å². The minimum absolute atomic E-state index is 0.0386. The van der Waals surface area contributed by atoms with Gasteiger partial charge in [0.25, 0.3) is 35.6 Å². The van der Waals surface area contributed by atoms with Crippen molar-refractivity contribution in [3.05, 3.63) is 175 Å². The first kappa shape index (κ1) is 76.8. The number of oxazole rings is 3. The fourth-order valence-electron chi connectivity index (χ4n) is 12.4. The largest absolute Gasteiger partial charge is 0.483 e. The molecular formula is C74H78BF3N12O14. The predicted molar refractivity (Wildman–Crippen MR) is 387 cm³/mol. The highest BCUT2D eigenvalue weighted by molar-refractivity contribution is 6.05. The summed E-state index contributed by atoms with van der Waals surface area (Å²) in [7, 11) is 6.61. The highest BCUT2D eigenvalue weighted by Gasteiger charge is 2.30. The Bertz CT molecular complexity index is 5270. The third kappa shape index (κ3) is 18.8. The van der Waals surface area contributed by atoms with Crippen molar-refractivity contribution in [2.75, 3.05) is 46.3 Å².